The molecule has 0 spiro atoms. The van der Waals surface area contributed by atoms with Gasteiger partial charge in [-0.05, 0) is 24.8 Å². The van der Waals surface area contributed by atoms with Gasteiger partial charge >= 0.3 is 0 Å². The minimum absolute atomic E-state index is 0.0235. The summed E-state index contributed by atoms with van der Waals surface area (Å²) >= 11 is 0. The zero-order chi connectivity index (χ0) is 8.48. The number of hydrogen-bond donors (Lipinski definition) is 1. The van der Waals surface area contributed by atoms with Gasteiger partial charge in [0, 0.05) is 8.07 Å². The first-order valence-corrected chi connectivity index (χ1v) is 8.38. The molecule has 1 aliphatic rings. The van der Waals surface area contributed by atoms with Crippen LogP contribution in [0.1, 0.15) is 19.3 Å². The lowest BCUT2D eigenvalue weighted by atomic mass is 9.82. The molecule has 1 N–H and O–H groups in total. The van der Waals surface area contributed by atoms with Gasteiger partial charge in [-0.3, -0.25) is 0 Å². The predicted molar refractivity (Wildman–Crippen MR) is 51.5 cm³/mol. The molecule has 0 aromatic rings. The molecule has 1 atom stereocenters. The number of aliphatic hydroxyl groups excluding tert-OH is 1. The maximum absolute atomic E-state index is 9.74. The van der Waals surface area contributed by atoms with Crippen LogP contribution in [0, 0.1) is 5.92 Å². The molecule has 1 unspecified atom stereocenters. The molecule has 1 saturated carbocycles. The standard InChI is InChI=1S/C9H20OSi/c1-11(2,3)7-9(10)8-5-4-6-8/h8-10H,4-7H2,1-3H3. The zero-order valence-corrected chi connectivity index (χ0v) is 8.93. The van der Waals surface area contributed by atoms with Crippen LogP contribution in [0.25, 0.3) is 0 Å². The van der Waals surface area contributed by atoms with E-state index in [2.05, 4.69) is 19.6 Å². The molecule has 0 radical (unpaired) electrons. The molecule has 1 nitrogen and oxygen atoms in total. The molecular weight excluding hydrogens is 152 g/mol. The minimum Gasteiger partial charge on any atom is -0.393 e. The summed E-state index contributed by atoms with van der Waals surface area (Å²) in [5.41, 5.74) is 0. The van der Waals surface area contributed by atoms with Gasteiger partial charge in [-0.2, -0.15) is 0 Å². The van der Waals surface area contributed by atoms with E-state index in [0.717, 1.165) is 6.04 Å². The summed E-state index contributed by atoms with van der Waals surface area (Å²) in [4.78, 5) is 0. The van der Waals surface area contributed by atoms with Crippen LogP contribution in [0.5, 0.6) is 0 Å². The van der Waals surface area contributed by atoms with Crippen LogP contribution in [0.3, 0.4) is 0 Å². The number of aliphatic hydroxyl groups is 1. The van der Waals surface area contributed by atoms with Gasteiger partial charge < -0.3 is 5.11 Å². The number of hydrogen-bond acceptors (Lipinski definition) is 1. The van der Waals surface area contributed by atoms with E-state index < -0.39 is 8.07 Å². The molecule has 2 heteroatoms. The highest BCUT2D eigenvalue weighted by molar-refractivity contribution is 6.76. The van der Waals surface area contributed by atoms with Crippen molar-refractivity contribution in [3.8, 4) is 0 Å². The van der Waals surface area contributed by atoms with Crippen LogP contribution >= 0.6 is 0 Å². The van der Waals surface area contributed by atoms with E-state index in [9.17, 15) is 5.11 Å². The van der Waals surface area contributed by atoms with Crippen molar-refractivity contribution in [1.29, 1.82) is 0 Å². The third-order valence-corrected chi connectivity index (χ3v) is 4.16. The Morgan fingerprint density at radius 3 is 2.18 bits per heavy atom. The highest BCUT2D eigenvalue weighted by Crippen LogP contribution is 2.32. The van der Waals surface area contributed by atoms with Crippen LogP contribution in [-0.4, -0.2) is 19.3 Å². The van der Waals surface area contributed by atoms with Gasteiger partial charge in [0.25, 0.3) is 0 Å². The first-order valence-electron chi connectivity index (χ1n) is 4.67. The lowest BCUT2D eigenvalue weighted by Gasteiger charge is -2.33. The first-order chi connectivity index (χ1) is 4.99. The Balaban J connectivity index is 2.24. The normalized spacial score (nSPS) is 22.9. The lowest BCUT2D eigenvalue weighted by Crippen LogP contribution is -2.34. The Kier molecular flexibility index (Phi) is 2.76. The maximum atomic E-state index is 9.74. The summed E-state index contributed by atoms with van der Waals surface area (Å²) in [6, 6.07) is 1.09. The quantitative estimate of drug-likeness (QED) is 0.648. The third-order valence-electron chi connectivity index (χ3n) is 2.52. The zero-order valence-electron chi connectivity index (χ0n) is 7.93. The summed E-state index contributed by atoms with van der Waals surface area (Å²) in [5, 5.41) is 9.74. The van der Waals surface area contributed by atoms with Gasteiger partial charge in [-0.1, -0.05) is 26.1 Å². The van der Waals surface area contributed by atoms with Crippen molar-refractivity contribution < 1.29 is 5.11 Å². The van der Waals surface area contributed by atoms with Crippen molar-refractivity contribution in [1.82, 2.24) is 0 Å². The van der Waals surface area contributed by atoms with Gasteiger partial charge in [0.2, 0.25) is 0 Å². The van der Waals surface area contributed by atoms with Crippen LogP contribution in [-0.2, 0) is 0 Å². The summed E-state index contributed by atoms with van der Waals surface area (Å²) in [7, 11) is -1.02. The van der Waals surface area contributed by atoms with Crippen LogP contribution in [0.2, 0.25) is 25.7 Å². The summed E-state index contributed by atoms with van der Waals surface area (Å²) < 4.78 is 0. The fourth-order valence-electron chi connectivity index (χ4n) is 1.62. The Bertz CT molecular complexity index is 124. The third kappa shape index (κ3) is 2.95. The lowest BCUT2D eigenvalue weighted by molar-refractivity contribution is 0.0768. The number of rotatable bonds is 3. The minimum atomic E-state index is -1.02. The molecule has 1 fully saturated rings. The molecule has 0 bridgehead atoms. The van der Waals surface area contributed by atoms with E-state index in [1.807, 2.05) is 0 Å². The van der Waals surface area contributed by atoms with Crippen LogP contribution in [0.4, 0.5) is 0 Å². The predicted octanol–water partition coefficient (Wildman–Crippen LogP) is 2.49. The van der Waals surface area contributed by atoms with Crippen molar-refractivity contribution in [3.63, 3.8) is 0 Å². The van der Waals surface area contributed by atoms with Gasteiger partial charge in [0.1, 0.15) is 0 Å². The molecule has 66 valence electrons. The van der Waals surface area contributed by atoms with Crippen molar-refractivity contribution in [2.75, 3.05) is 0 Å². The fourth-order valence-corrected chi connectivity index (χ4v) is 3.21. The van der Waals surface area contributed by atoms with Crippen molar-refractivity contribution >= 4 is 8.07 Å². The SMILES string of the molecule is C[Si](C)(C)CC(O)C1CCC1. The fraction of sp³-hybridized carbons (Fsp3) is 1.00. The summed E-state index contributed by atoms with van der Waals surface area (Å²) in [5.74, 6) is 0.654. The van der Waals surface area contributed by atoms with E-state index >= 15 is 0 Å². The van der Waals surface area contributed by atoms with Crippen molar-refractivity contribution in [3.05, 3.63) is 0 Å². The average Bonchev–Trinajstić information content (AvgIpc) is 1.50. The first kappa shape index (κ1) is 9.27. The smallest absolute Gasteiger partial charge is 0.0545 e. The van der Waals surface area contributed by atoms with E-state index in [1.54, 1.807) is 0 Å². The Morgan fingerprint density at radius 2 is 1.91 bits per heavy atom. The van der Waals surface area contributed by atoms with E-state index in [1.165, 1.54) is 19.3 Å². The van der Waals surface area contributed by atoms with Crippen molar-refractivity contribution in [2.45, 2.75) is 51.1 Å². The van der Waals surface area contributed by atoms with Crippen LogP contribution < -0.4 is 0 Å². The monoisotopic (exact) mass is 172 g/mol. The van der Waals surface area contributed by atoms with E-state index in [-0.39, 0.29) is 6.10 Å². The Morgan fingerprint density at radius 1 is 1.36 bits per heavy atom. The van der Waals surface area contributed by atoms with Gasteiger partial charge in [-0.25, -0.2) is 0 Å². The molecule has 0 heterocycles. The molecular formula is C9H20OSi. The second kappa shape index (κ2) is 3.28. The molecule has 0 aromatic heterocycles. The average molecular weight is 172 g/mol. The van der Waals surface area contributed by atoms with Gasteiger partial charge in [0.15, 0.2) is 0 Å². The Labute approximate surface area is 70.8 Å². The summed E-state index contributed by atoms with van der Waals surface area (Å²) in [6.07, 6.45) is 3.90. The molecule has 0 saturated heterocycles. The van der Waals surface area contributed by atoms with E-state index in [4.69, 9.17) is 0 Å². The second-order valence-electron chi connectivity index (χ2n) is 5.02. The highest BCUT2D eigenvalue weighted by Gasteiger charge is 2.29. The molecule has 1 aliphatic carbocycles. The van der Waals surface area contributed by atoms with E-state index in [0.29, 0.717) is 5.92 Å². The van der Waals surface area contributed by atoms with Crippen molar-refractivity contribution in [2.24, 2.45) is 5.92 Å². The molecule has 0 amide bonds. The molecule has 11 heavy (non-hydrogen) atoms. The van der Waals surface area contributed by atoms with Gasteiger partial charge in [-0.15, -0.1) is 0 Å². The highest BCUT2D eigenvalue weighted by atomic mass is 28.3. The summed E-state index contributed by atoms with van der Waals surface area (Å²) in [6.45, 7) is 6.98. The van der Waals surface area contributed by atoms with Crippen LogP contribution in [0.15, 0.2) is 0 Å². The van der Waals surface area contributed by atoms with Gasteiger partial charge in [0.05, 0.1) is 6.10 Å². The largest absolute Gasteiger partial charge is 0.393 e. The maximum Gasteiger partial charge on any atom is 0.0545 e. The topological polar surface area (TPSA) is 20.2 Å². The molecule has 0 aromatic carbocycles. The Hall–Kier alpha value is 0.177. The molecule has 0 aliphatic heterocycles. The second-order valence-corrected chi connectivity index (χ2v) is 10.6. The molecule has 1 rings (SSSR count).